The van der Waals surface area contributed by atoms with Gasteiger partial charge in [0.1, 0.15) is 11.5 Å². The molecule has 12 heteroatoms. The minimum Gasteiger partial charge on any atom is -0.457 e. The summed E-state index contributed by atoms with van der Waals surface area (Å²) < 4.78 is 133. The molecule has 7 aromatic rings. The van der Waals surface area contributed by atoms with Gasteiger partial charge in [0.05, 0.1) is 22.4 Å². The Hall–Kier alpha value is -5.94. The normalized spacial score (nSPS) is 12.2. The number of hydrogen-bond acceptors (Lipinski definition) is 1. The van der Waals surface area contributed by atoms with E-state index in [4.69, 9.17) is 16.3 Å². The summed E-state index contributed by atoms with van der Waals surface area (Å²) in [4.78, 5) is 0. The number of ether oxygens (including phenoxy) is 1. The van der Waals surface area contributed by atoms with Crippen molar-refractivity contribution in [3.8, 4) is 61.7 Å². The molecule has 6 aromatic carbocycles. The molecule has 0 radical (unpaired) electrons. The third kappa shape index (κ3) is 7.84. The Labute approximate surface area is 313 Å². The van der Waals surface area contributed by atoms with E-state index in [0.717, 1.165) is 36.4 Å². The molecular formula is C43H25ClF9NO. The highest BCUT2D eigenvalue weighted by atomic mass is 35.5. The molecule has 0 spiro atoms. The van der Waals surface area contributed by atoms with Crippen LogP contribution in [0.2, 0.25) is 5.02 Å². The fraction of sp³-hybridized carbons (Fsp3) is 0.0698. The lowest BCUT2D eigenvalue weighted by molar-refractivity contribution is -0.138. The number of halogens is 10. The topological polar surface area (TPSA) is 14.2 Å². The lowest BCUT2D eigenvalue weighted by Gasteiger charge is -2.26. The number of hydrogen-bond donors (Lipinski definition) is 0. The van der Waals surface area contributed by atoms with Crippen molar-refractivity contribution in [3.05, 3.63) is 174 Å². The minimum atomic E-state index is -4.74. The van der Waals surface area contributed by atoms with Gasteiger partial charge in [-0.25, -0.2) is 0 Å². The molecule has 0 amide bonds. The second-order valence-corrected chi connectivity index (χ2v) is 12.9. The molecule has 0 N–H and O–H groups in total. The molecule has 278 valence electrons. The van der Waals surface area contributed by atoms with E-state index in [1.807, 2.05) is 0 Å². The molecule has 0 fully saturated rings. The minimum absolute atomic E-state index is 0.0705. The molecule has 1 aromatic heterocycles. The molecule has 0 atom stereocenters. The molecule has 0 unspecified atom stereocenters. The maximum atomic E-state index is 14.2. The van der Waals surface area contributed by atoms with Gasteiger partial charge in [-0.2, -0.15) is 39.5 Å². The van der Waals surface area contributed by atoms with E-state index < -0.39 is 35.2 Å². The Bertz CT molecular complexity index is 2470. The summed E-state index contributed by atoms with van der Waals surface area (Å²) in [5, 5.41) is -0.300. The van der Waals surface area contributed by atoms with Gasteiger partial charge in [0.25, 0.3) is 0 Å². The van der Waals surface area contributed by atoms with E-state index in [-0.39, 0.29) is 44.1 Å². The first-order valence-electron chi connectivity index (χ1n) is 16.5. The number of nitrogens with zero attached hydrogens (tertiary/aromatic N) is 1. The maximum absolute atomic E-state index is 14.2. The van der Waals surface area contributed by atoms with Gasteiger partial charge < -0.3 is 9.30 Å². The molecule has 0 bridgehead atoms. The molecule has 0 saturated carbocycles. The second-order valence-electron chi connectivity index (χ2n) is 12.4. The van der Waals surface area contributed by atoms with Gasteiger partial charge in [-0.15, -0.1) is 0 Å². The van der Waals surface area contributed by atoms with Crippen molar-refractivity contribution in [2.75, 3.05) is 0 Å². The monoisotopic (exact) mass is 777 g/mol. The van der Waals surface area contributed by atoms with Crippen LogP contribution in [0.5, 0.6) is 11.5 Å². The number of aromatic nitrogens is 1. The summed E-state index contributed by atoms with van der Waals surface area (Å²) >= 11 is 6.71. The van der Waals surface area contributed by atoms with Gasteiger partial charge in [0, 0.05) is 34.1 Å². The molecule has 0 aliphatic heterocycles. The van der Waals surface area contributed by atoms with Crippen LogP contribution >= 0.6 is 11.6 Å². The Kier molecular flexibility index (Phi) is 9.77. The van der Waals surface area contributed by atoms with Gasteiger partial charge in [0.15, 0.2) is 0 Å². The zero-order valence-corrected chi connectivity index (χ0v) is 28.8. The number of alkyl halides is 9. The Morgan fingerprint density at radius 2 is 0.964 bits per heavy atom. The largest absolute Gasteiger partial charge is 0.457 e. The van der Waals surface area contributed by atoms with E-state index in [1.54, 1.807) is 89.8 Å². The van der Waals surface area contributed by atoms with E-state index >= 15 is 0 Å². The molecule has 2 nitrogen and oxygen atoms in total. The van der Waals surface area contributed by atoms with E-state index in [9.17, 15) is 39.5 Å². The van der Waals surface area contributed by atoms with Crippen molar-refractivity contribution < 1.29 is 44.3 Å². The zero-order chi connectivity index (χ0) is 39.1. The van der Waals surface area contributed by atoms with Crippen molar-refractivity contribution in [3.63, 3.8) is 0 Å². The fourth-order valence-electron chi connectivity index (χ4n) is 6.37. The summed E-state index contributed by atoms with van der Waals surface area (Å²) in [5.41, 5.74) is -0.963. The summed E-state index contributed by atoms with van der Waals surface area (Å²) in [6.45, 7) is 0. The highest BCUT2D eigenvalue weighted by Crippen LogP contribution is 2.51. The lowest BCUT2D eigenvalue weighted by atomic mass is 9.83. The van der Waals surface area contributed by atoms with Gasteiger partial charge >= 0.3 is 18.5 Å². The van der Waals surface area contributed by atoms with Crippen molar-refractivity contribution in [1.29, 1.82) is 0 Å². The fourth-order valence-corrected chi connectivity index (χ4v) is 6.64. The second kappa shape index (κ2) is 14.4. The van der Waals surface area contributed by atoms with Gasteiger partial charge in [-0.3, -0.25) is 0 Å². The quantitative estimate of drug-likeness (QED) is 0.147. The van der Waals surface area contributed by atoms with Crippen molar-refractivity contribution >= 4 is 11.6 Å². The van der Waals surface area contributed by atoms with Crippen molar-refractivity contribution in [1.82, 2.24) is 4.57 Å². The van der Waals surface area contributed by atoms with Crippen molar-refractivity contribution in [2.45, 2.75) is 18.5 Å². The van der Waals surface area contributed by atoms with Gasteiger partial charge in [-0.1, -0.05) is 72.3 Å². The molecule has 1 heterocycles. The molecule has 0 aliphatic carbocycles. The smallest absolute Gasteiger partial charge is 0.416 e. The van der Waals surface area contributed by atoms with Crippen LogP contribution in [0.3, 0.4) is 0 Å². The molecule has 55 heavy (non-hydrogen) atoms. The Morgan fingerprint density at radius 3 is 1.58 bits per heavy atom. The lowest BCUT2D eigenvalue weighted by Crippen LogP contribution is -2.07. The predicted molar refractivity (Wildman–Crippen MR) is 194 cm³/mol. The average molecular weight is 778 g/mol. The Morgan fingerprint density at radius 1 is 0.418 bits per heavy atom. The third-order valence-electron chi connectivity index (χ3n) is 8.86. The summed E-state index contributed by atoms with van der Waals surface area (Å²) in [6, 6.07) is 31.8. The van der Waals surface area contributed by atoms with Crippen LogP contribution in [0.4, 0.5) is 39.5 Å². The first-order valence-corrected chi connectivity index (χ1v) is 16.9. The summed E-state index contributed by atoms with van der Waals surface area (Å²) in [6.07, 6.45) is -11.0. The van der Waals surface area contributed by atoms with Gasteiger partial charge in [0.2, 0.25) is 0 Å². The van der Waals surface area contributed by atoms with Crippen LogP contribution in [0.25, 0.3) is 50.2 Å². The SMILES string of the molecule is FC(F)(F)c1ccc(-c2c(-c3cccc(C(F)(F)F)c3)cc(-c3cccc(Oc4ccccc4)c3)c(-c3ccc(C(F)(F)F)cc3Cl)c2-n2cccc2)cc1. The Balaban J connectivity index is 1.63. The van der Waals surface area contributed by atoms with Crippen LogP contribution in [-0.4, -0.2) is 4.57 Å². The highest BCUT2D eigenvalue weighted by Gasteiger charge is 2.34. The average Bonchev–Trinajstić information content (AvgIpc) is 3.69. The van der Waals surface area contributed by atoms with Crippen LogP contribution in [-0.2, 0) is 18.5 Å². The van der Waals surface area contributed by atoms with Crippen molar-refractivity contribution in [2.24, 2.45) is 0 Å². The molecule has 0 aliphatic rings. The van der Waals surface area contributed by atoms with Crippen LogP contribution in [0.15, 0.2) is 152 Å². The van der Waals surface area contributed by atoms with Gasteiger partial charge in [-0.05, 0) is 107 Å². The number of para-hydroxylation sites is 1. The van der Waals surface area contributed by atoms with E-state index in [0.29, 0.717) is 22.6 Å². The number of rotatable bonds is 7. The van der Waals surface area contributed by atoms with Crippen LogP contribution in [0.1, 0.15) is 16.7 Å². The molecular weight excluding hydrogens is 753 g/mol. The van der Waals surface area contributed by atoms with E-state index in [1.165, 1.54) is 30.3 Å². The predicted octanol–water partition coefficient (Wildman–Crippen LogP) is 14.6. The molecule has 7 rings (SSSR count). The maximum Gasteiger partial charge on any atom is 0.416 e. The van der Waals surface area contributed by atoms with Crippen LogP contribution < -0.4 is 4.74 Å². The number of benzene rings is 6. The summed E-state index contributed by atoms with van der Waals surface area (Å²) in [5.74, 6) is 0.865. The highest BCUT2D eigenvalue weighted by molar-refractivity contribution is 6.34. The third-order valence-corrected chi connectivity index (χ3v) is 9.17. The first kappa shape index (κ1) is 37.4. The summed E-state index contributed by atoms with van der Waals surface area (Å²) in [7, 11) is 0. The standard InChI is InChI=1S/C43H25ClF9NO/c44-37-24-31(43(51,52)53)18-19-34(37)39-36(28-9-7-13-33(23-28)55-32-11-2-1-3-12-32)25-35(27-8-6-10-30(22-27)42(48,49)50)38(40(39)54-20-4-5-21-54)26-14-16-29(17-15-26)41(45,46)47/h1-25H. The van der Waals surface area contributed by atoms with E-state index in [2.05, 4.69) is 0 Å². The van der Waals surface area contributed by atoms with Crippen LogP contribution in [0, 0.1) is 0 Å². The first-order chi connectivity index (χ1) is 26.1. The molecule has 0 saturated heterocycles. The zero-order valence-electron chi connectivity index (χ0n) is 28.1.